The number of hydrogen-bond donors (Lipinski definition) is 0. The Hall–Kier alpha value is -2.28. The van der Waals surface area contributed by atoms with Crippen molar-refractivity contribution >= 4 is 22.8 Å². The van der Waals surface area contributed by atoms with E-state index in [9.17, 15) is 13.2 Å². The van der Waals surface area contributed by atoms with Crippen molar-refractivity contribution in [2.75, 3.05) is 0 Å². The van der Waals surface area contributed by atoms with E-state index in [-0.39, 0.29) is 5.02 Å². The molecule has 3 rings (SSSR count). The zero-order chi connectivity index (χ0) is 15.0. The van der Waals surface area contributed by atoms with Crippen LogP contribution in [-0.4, -0.2) is 20.9 Å². The first-order valence-electron chi connectivity index (χ1n) is 5.78. The second kappa shape index (κ2) is 4.92. The Kier molecular flexibility index (Phi) is 3.21. The van der Waals surface area contributed by atoms with Crippen molar-refractivity contribution in [1.82, 2.24) is 14.5 Å². The minimum atomic E-state index is -4.78. The van der Waals surface area contributed by atoms with Gasteiger partial charge in [0.25, 0.3) is 0 Å². The average Bonchev–Trinajstić information content (AvgIpc) is 2.83. The molecule has 21 heavy (non-hydrogen) atoms. The summed E-state index contributed by atoms with van der Waals surface area (Å²) in [6.07, 6.45) is -1.66. The van der Waals surface area contributed by atoms with E-state index in [1.807, 2.05) is 0 Å². The summed E-state index contributed by atoms with van der Waals surface area (Å²) in [6.45, 7) is 0. The number of halogens is 4. The van der Waals surface area contributed by atoms with Crippen molar-refractivity contribution in [2.45, 2.75) is 6.36 Å². The molecule has 3 aromatic rings. The van der Waals surface area contributed by atoms with E-state index in [1.165, 1.54) is 18.5 Å². The van der Waals surface area contributed by atoms with Crippen LogP contribution < -0.4 is 4.74 Å². The first-order valence-corrected chi connectivity index (χ1v) is 6.15. The number of aromatic nitrogens is 3. The Morgan fingerprint density at radius 2 is 1.95 bits per heavy atom. The van der Waals surface area contributed by atoms with Gasteiger partial charge in [0.2, 0.25) is 0 Å². The van der Waals surface area contributed by atoms with Gasteiger partial charge in [-0.2, -0.15) is 0 Å². The van der Waals surface area contributed by atoms with Crippen LogP contribution in [0.15, 0.2) is 42.9 Å². The maximum absolute atomic E-state index is 12.2. The molecule has 2 aromatic heterocycles. The highest BCUT2D eigenvalue weighted by Gasteiger charge is 2.32. The van der Waals surface area contributed by atoms with E-state index >= 15 is 0 Å². The molecule has 1 aromatic carbocycles. The standard InChI is InChI=1S/C13H7ClF3N3O/c14-9-6-8(3-4-11(9)21-13(15,16)17)20-7-19-10-2-1-5-18-12(10)20/h1-7H. The van der Waals surface area contributed by atoms with Crippen molar-refractivity contribution in [3.05, 3.63) is 47.9 Å². The number of alkyl halides is 3. The lowest BCUT2D eigenvalue weighted by Crippen LogP contribution is -2.17. The highest BCUT2D eigenvalue weighted by Crippen LogP contribution is 2.32. The largest absolute Gasteiger partial charge is 0.573 e. The number of fused-ring (bicyclic) bond motifs is 1. The lowest BCUT2D eigenvalue weighted by Gasteiger charge is -2.11. The Morgan fingerprint density at radius 3 is 2.67 bits per heavy atom. The number of imidazole rings is 1. The van der Waals surface area contributed by atoms with E-state index in [4.69, 9.17) is 11.6 Å². The van der Waals surface area contributed by atoms with Crippen LogP contribution in [0.25, 0.3) is 16.9 Å². The lowest BCUT2D eigenvalue weighted by atomic mass is 10.3. The Labute approximate surface area is 121 Å². The fourth-order valence-corrected chi connectivity index (χ4v) is 2.10. The van der Waals surface area contributed by atoms with Gasteiger partial charge in [-0.05, 0) is 30.3 Å². The number of benzene rings is 1. The molecular weight excluding hydrogens is 307 g/mol. The molecule has 0 aliphatic rings. The van der Waals surface area contributed by atoms with Gasteiger partial charge in [-0.15, -0.1) is 13.2 Å². The number of nitrogens with zero attached hydrogens (tertiary/aromatic N) is 3. The summed E-state index contributed by atoms with van der Waals surface area (Å²) < 4.78 is 42.0. The summed E-state index contributed by atoms with van der Waals surface area (Å²) in [5.41, 5.74) is 1.79. The molecule has 0 spiro atoms. The first-order chi connectivity index (χ1) is 9.94. The molecular formula is C13H7ClF3N3O. The molecule has 2 heterocycles. The number of hydrogen-bond acceptors (Lipinski definition) is 3. The van der Waals surface area contributed by atoms with Crippen LogP contribution in [0.2, 0.25) is 5.02 Å². The minimum Gasteiger partial charge on any atom is -0.404 e. The topological polar surface area (TPSA) is 39.9 Å². The van der Waals surface area contributed by atoms with Crippen LogP contribution in [0.3, 0.4) is 0 Å². The van der Waals surface area contributed by atoms with Gasteiger partial charge in [0, 0.05) is 6.20 Å². The predicted octanol–water partition coefficient (Wildman–Crippen LogP) is 3.97. The molecule has 108 valence electrons. The van der Waals surface area contributed by atoms with E-state index in [2.05, 4.69) is 14.7 Å². The van der Waals surface area contributed by atoms with Gasteiger partial charge >= 0.3 is 6.36 Å². The second-order valence-corrected chi connectivity index (χ2v) is 4.53. The summed E-state index contributed by atoms with van der Waals surface area (Å²) in [7, 11) is 0. The highest BCUT2D eigenvalue weighted by atomic mass is 35.5. The van der Waals surface area contributed by atoms with Crippen molar-refractivity contribution in [3.8, 4) is 11.4 Å². The van der Waals surface area contributed by atoms with Gasteiger partial charge in [0.1, 0.15) is 17.6 Å². The van der Waals surface area contributed by atoms with Gasteiger partial charge < -0.3 is 4.74 Å². The Balaban J connectivity index is 2.02. The zero-order valence-electron chi connectivity index (χ0n) is 10.3. The molecule has 0 atom stereocenters. The third-order valence-corrected chi connectivity index (χ3v) is 3.02. The zero-order valence-corrected chi connectivity index (χ0v) is 11.1. The van der Waals surface area contributed by atoms with Crippen molar-refractivity contribution in [1.29, 1.82) is 0 Å². The molecule has 0 fully saturated rings. The van der Waals surface area contributed by atoms with Crippen molar-refractivity contribution < 1.29 is 17.9 Å². The van der Waals surface area contributed by atoms with Crippen LogP contribution in [0.1, 0.15) is 0 Å². The van der Waals surface area contributed by atoms with Crippen molar-refractivity contribution in [3.63, 3.8) is 0 Å². The highest BCUT2D eigenvalue weighted by molar-refractivity contribution is 6.32. The molecule has 0 aliphatic heterocycles. The fourth-order valence-electron chi connectivity index (χ4n) is 1.89. The smallest absolute Gasteiger partial charge is 0.404 e. The van der Waals surface area contributed by atoms with Crippen LogP contribution in [0, 0.1) is 0 Å². The minimum absolute atomic E-state index is 0.150. The second-order valence-electron chi connectivity index (χ2n) is 4.12. The van der Waals surface area contributed by atoms with Crippen molar-refractivity contribution in [2.24, 2.45) is 0 Å². The fraction of sp³-hybridized carbons (Fsp3) is 0.0769. The predicted molar refractivity (Wildman–Crippen MR) is 70.6 cm³/mol. The van der Waals surface area contributed by atoms with E-state index in [0.717, 1.165) is 6.07 Å². The van der Waals surface area contributed by atoms with Gasteiger partial charge in [0.15, 0.2) is 5.65 Å². The van der Waals surface area contributed by atoms with E-state index < -0.39 is 12.1 Å². The SMILES string of the molecule is FC(F)(F)Oc1ccc(-n2cnc3cccnc32)cc1Cl. The summed E-state index contributed by atoms with van der Waals surface area (Å²) in [4.78, 5) is 8.33. The monoisotopic (exact) mass is 313 g/mol. The number of pyridine rings is 1. The maximum Gasteiger partial charge on any atom is 0.573 e. The average molecular weight is 314 g/mol. The third-order valence-electron chi connectivity index (χ3n) is 2.73. The Bertz CT molecular complexity index is 801. The van der Waals surface area contributed by atoms with Gasteiger partial charge in [0.05, 0.1) is 10.7 Å². The molecule has 0 amide bonds. The molecule has 0 N–H and O–H groups in total. The summed E-state index contributed by atoms with van der Waals surface area (Å²) in [5, 5.41) is -0.150. The third kappa shape index (κ3) is 2.78. The quantitative estimate of drug-likeness (QED) is 0.718. The molecule has 0 aliphatic carbocycles. The summed E-state index contributed by atoms with van der Waals surface area (Å²) >= 11 is 5.82. The van der Waals surface area contributed by atoms with Gasteiger partial charge in [-0.1, -0.05) is 11.6 Å². The number of rotatable bonds is 2. The number of ether oxygens (including phenoxy) is 1. The van der Waals surface area contributed by atoms with Crippen LogP contribution in [0.5, 0.6) is 5.75 Å². The molecule has 4 nitrogen and oxygen atoms in total. The van der Waals surface area contributed by atoms with Crippen LogP contribution in [0.4, 0.5) is 13.2 Å². The van der Waals surface area contributed by atoms with E-state index in [1.54, 1.807) is 22.9 Å². The van der Waals surface area contributed by atoms with Gasteiger partial charge in [-0.3, -0.25) is 4.57 Å². The first kappa shape index (κ1) is 13.7. The molecule has 0 radical (unpaired) electrons. The van der Waals surface area contributed by atoms with E-state index in [0.29, 0.717) is 16.9 Å². The molecule has 0 saturated carbocycles. The summed E-state index contributed by atoms with van der Waals surface area (Å²) in [6, 6.07) is 7.48. The molecule has 0 bridgehead atoms. The normalized spacial score (nSPS) is 11.8. The maximum atomic E-state index is 12.2. The molecule has 8 heteroatoms. The summed E-state index contributed by atoms with van der Waals surface area (Å²) in [5.74, 6) is -0.453. The lowest BCUT2D eigenvalue weighted by molar-refractivity contribution is -0.274. The molecule has 0 unspecified atom stereocenters. The molecule has 0 saturated heterocycles. The van der Waals surface area contributed by atoms with Gasteiger partial charge in [-0.25, -0.2) is 9.97 Å². The Morgan fingerprint density at radius 1 is 1.14 bits per heavy atom. The van der Waals surface area contributed by atoms with Crippen LogP contribution in [-0.2, 0) is 0 Å². The van der Waals surface area contributed by atoms with Crippen LogP contribution >= 0.6 is 11.6 Å².